The largest absolute Gasteiger partial charge is 0.330 e. The molecule has 1 N–H and O–H groups in total. The first kappa shape index (κ1) is 13.1. The minimum absolute atomic E-state index is 0.0780. The second-order valence-electron chi connectivity index (χ2n) is 6.05. The van der Waals surface area contributed by atoms with Crippen molar-refractivity contribution in [2.45, 2.75) is 37.6 Å². The molecule has 6 heteroatoms. The SMILES string of the molecule is CC1(c2cncn2C2CCS(=O)(=O)C2)CCNCC1. The number of nitrogens with zero attached hydrogens (tertiary/aromatic N) is 2. The number of hydrogen-bond acceptors (Lipinski definition) is 4. The van der Waals surface area contributed by atoms with E-state index in [0.29, 0.717) is 5.75 Å². The van der Waals surface area contributed by atoms with Gasteiger partial charge in [-0.25, -0.2) is 13.4 Å². The second kappa shape index (κ2) is 4.59. The fourth-order valence-electron chi connectivity index (χ4n) is 3.29. The molecule has 2 aliphatic heterocycles. The number of nitrogens with one attached hydrogen (secondary N) is 1. The van der Waals surface area contributed by atoms with Crippen molar-refractivity contribution >= 4 is 9.84 Å². The van der Waals surface area contributed by atoms with Crippen LogP contribution in [0.15, 0.2) is 12.5 Å². The van der Waals surface area contributed by atoms with Crippen molar-refractivity contribution in [1.82, 2.24) is 14.9 Å². The summed E-state index contributed by atoms with van der Waals surface area (Å²) in [5, 5.41) is 3.38. The molecule has 3 heterocycles. The highest BCUT2D eigenvalue weighted by molar-refractivity contribution is 7.91. The van der Waals surface area contributed by atoms with E-state index in [1.165, 1.54) is 5.69 Å². The molecule has 0 saturated carbocycles. The van der Waals surface area contributed by atoms with Crippen LogP contribution >= 0.6 is 0 Å². The van der Waals surface area contributed by atoms with Crippen LogP contribution in [0.25, 0.3) is 0 Å². The van der Waals surface area contributed by atoms with Crippen LogP contribution in [-0.2, 0) is 15.3 Å². The topological polar surface area (TPSA) is 64.0 Å². The van der Waals surface area contributed by atoms with E-state index >= 15 is 0 Å². The van der Waals surface area contributed by atoms with E-state index in [4.69, 9.17) is 0 Å². The van der Waals surface area contributed by atoms with E-state index in [1.54, 1.807) is 0 Å². The molecule has 19 heavy (non-hydrogen) atoms. The predicted octanol–water partition coefficient (Wildman–Crippen LogP) is 0.884. The number of rotatable bonds is 2. The van der Waals surface area contributed by atoms with Gasteiger partial charge in [0.2, 0.25) is 0 Å². The Morgan fingerprint density at radius 3 is 2.79 bits per heavy atom. The molecule has 0 spiro atoms. The maximum atomic E-state index is 11.7. The average molecular weight is 283 g/mol. The Morgan fingerprint density at radius 2 is 2.16 bits per heavy atom. The van der Waals surface area contributed by atoms with Crippen LogP contribution < -0.4 is 5.32 Å². The highest BCUT2D eigenvalue weighted by atomic mass is 32.2. The molecule has 1 unspecified atom stereocenters. The van der Waals surface area contributed by atoms with Crippen molar-refractivity contribution in [2.75, 3.05) is 24.6 Å². The van der Waals surface area contributed by atoms with Crippen molar-refractivity contribution in [1.29, 1.82) is 0 Å². The lowest BCUT2D eigenvalue weighted by Crippen LogP contribution is -2.39. The van der Waals surface area contributed by atoms with Crippen LogP contribution in [0, 0.1) is 0 Å². The molecule has 0 aromatic carbocycles. The molecule has 0 aliphatic carbocycles. The van der Waals surface area contributed by atoms with Crippen LogP contribution in [0.4, 0.5) is 0 Å². The molecule has 2 saturated heterocycles. The third-order valence-electron chi connectivity index (χ3n) is 4.59. The zero-order valence-electron chi connectivity index (χ0n) is 11.3. The summed E-state index contributed by atoms with van der Waals surface area (Å²) in [4.78, 5) is 4.28. The minimum Gasteiger partial charge on any atom is -0.330 e. The number of sulfone groups is 1. The number of piperidine rings is 1. The van der Waals surface area contributed by atoms with Crippen molar-refractivity contribution in [3.05, 3.63) is 18.2 Å². The zero-order valence-corrected chi connectivity index (χ0v) is 12.1. The summed E-state index contributed by atoms with van der Waals surface area (Å²) in [6.07, 6.45) is 6.63. The number of aromatic nitrogens is 2. The summed E-state index contributed by atoms with van der Waals surface area (Å²) in [7, 11) is -2.85. The molecule has 0 radical (unpaired) electrons. The van der Waals surface area contributed by atoms with E-state index in [-0.39, 0.29) is 17.2 Å². The molecule has 3 rings (SSSR count). The molecule has 0 bridgehead atoms. The standard InChI is InChI=1S/C13H21N3O2S/c1-13(3-5-14-6-4-13)12-8-15-10-16(12)11-2-7-19(17,18)9-11/h8,10-11,14H,2-7,9H2,1H3. The summed E-state index contributed by atoms with van der Waals surface area (Å²) >= 11 is 0. The van der Waals surface area contributed by atoms with Gasteiger partial charge in [0.15, 0.2) is 9.84 Å². The van der Waals surface area contributed by atoms with Crippen LogP contribution in [0.5, 0.6) is 0 Å². The Hall–Kier alpha value is -0.880. The van der Waals surface area contributed by atoms with Gasteiger partial charge >= 0.3 is 0 Å². The van der Waals surface area contributed by atoms with Crippen molar-refractivity contribution < 1.29 is 8.42 Å². The van der Waals surface area contributed by atoms with Gasteiger partial charge < -0.3 is 9.88 Å². The minimum atomic E-state index is -2.85. The number of imidazole rings is 1. The maximum absolute atomic E-state index is 11.7. The normalized spacial score (nSPS) is 29.4. The molecule has 106 valence electrons. The van der Waals surface area contributed by atoms with Crippen LogP contribution in [0.1, 0.15) is 37.9 Å². The molecule has 1 aromatic heterocycles. The van der Waals surface area contributed by atoms with Crippen LogP contribution in [0.2, 0.25) is 0 Å². The van der Waals surface area contributed by atoms with E-state index < -0.39 is 9.84 Å². The van der Waals surface area contributed by atoms with E-state index in [2.05, 4.69) is 21.8 Å². The summed E-state index contributed by atoms with van der Waals surface area (Å²) in [5.74, 6) is 0.582. The fraction of sp³-hybridized carbons (Fsp3) is 0.769. The van der Waals surface area contributed by atoms with Crippen LogP contribution in [0.3, 0.4) is 0 Å². The quantitative estimate of drug-likeness (QED) is 0.875. The predicted molar refractivity (Wildman–Crippen MR) is 74.0 cm³/mol. The lowest BCUT2D eigenvalue weighted by atomic mass is 9.78. The second-order valence-corrected chi connectivity index (χ2v) is 8.28. The molecule has 2 fully saturated rings. The Kier molecular flexibility index (Phi) is 3.17. The average Bonchev–Trinajstić information content (AvgIpc) is 2.96. The van der Waals surface area contributed by atoms with Gasteiger partial charge in [-0.05, 0) is 32.4 Å². The Labute approximate surface area is 114 Å². The van der Waals surface area contributed by atoms with Crippen molar-refractivity contribution in [2.24, 2.45) is 0 Å². The molecule has 1 atom stereocenters. The van der Waals surface area contributed by atoms with Gasteiger partial charge in [-0.1, -0.05) is 6.92 Å². The van der Waals surface area contributed by atoms with E-state index in [0.717, 1.165) is 32.4 Å². The van der Waals surface area contributed by atoms with Crippen LogP contribution in [-0.4, -0.2) is 42.6 Å². The first-order valence-corrected chi connectivity index (χ1v) is 8.76. The Bertz CT molecular complexity index is 558. The highest BCUT2D eigenvalue weighted by Crippen LogP contribution is 2.36. The lowest BCUT2D eigenvalue weighted by molar-refractivity contribution is 0.310. The molecule has 5 nitrogen and oxygen atoms in total. The summed E-state index contributed by atoms with van der Waals surface area (Å²) in [6, 6.07) is 0.0780. The monoisotopic (exact) mass is 283 g/mol. The Balaban J connectivity index is 1.90. The van der Waals surface area contributed by atoms with E-state index in [9.17, 15) is 8.42 Å². The third kappa shape index (κ3) is 2.43. The fourth-order valence-corrected chi connectivity index (χ4v) is 5.00. The summed E-state index contributed by atoms with van der Waals surface area (Å²) < 4.78 is 25.4. The van der Waals surface area contributed by atoms with Gasteiger partial charge in [-0.2, -0.15) is 0 Å². The molecular formula is C13H21N3O2S. The molecule has 0 amide bonds. The first-order valence-electron chi connectivity index (χ1n) is 6.94. The smallest absolute Gasteiger partial charge is 0.152 e. The molecule has 2 aliphatic rings. The highest BCUT2D eigenvalue weighted by Gasteiger charge is 2.36. The molecular weight excluding hydrogens is 262 g/mol. The van der Waals surface area contributed by atoms with Gasteiger partial charge in [0, 0.05) is 23.3 Å². The van der Waals surface area contributed by atoms with Gasteiger partial charge in [0.1, 0.15) is 0 Å². The third-order valence-corrected chi connectivity index (χ3v) is 6.34. The van der Waals surface area contributed by atoms with Gasteiger partial charge in [-0.3, -0.25) is 0 Å². The summed E-state index contributed by atoms with van der Waals surface area (Å²) in [6.45, 7) is 4.31. The van der Waals surface area contributed by atoms with Gasteiger partial charge in [0.05, 0.1) is 17.8 Å². The summed E-state index contributed by atoms with van der Waals surface area (Å²) in [5.41, 5.74) is 1.32. The van der Waals surface area contributed by atoms with Gasteiger partial charge in [0.25, 0.3) is 0 Å². The Morgan fingerprint density at radius 1 is 1.42 bits per heavy atom. The van der Waals surface area contributed by atoms with Gasteiger partial charge in [-0.15, -0.1) is 0 Å². The van der Waals surface area contributed by atoms with Crippen molar-refractivity contribution in [3.8, 4) is 0 Å². The molecule has 1 aromatic rings. The lowest BCUT2D eigenvalue weighted by Gasteiger charge is -2.35. The number of hydrogen-bond donors (Lipinski definition) is 1. The zero-order chi connectivity index (χ0) is 13.5. The van der Waals surface area contributed by atoms with E-state index in [1.807, 2.05) is 12.5 Å². The maximum Gasteiger partial charge on any atom is 0.152 e. The van der Waals surface area contributed by atoms with Crippen molar-refractivity contribution in [3.63, 3.8) is 0 Å². The first-order chi connectivity index (χ1) is 9.00.